The minimum Gasteiger partial charge on any atom is -0.457 e. The van der Waals surface area contributed by atoms with Gasteiger partial charge in [-0.2, -0.15) is 0 Å². The molecule has 26 heavy (non-hydrogen) atoms. The van der Waals surface area contributed by atoms with Crippen LogP contribution in [0.3, 0.4) is 0 Å². The zero-order valence-electron chi connectivity index (χ0n) is 13.8. The zero-order valence-corrected chi connectivity index (χ0v) is 15.4. The molecule has 0 saturated carbocycles. The highest BCUT2D eigenvalue weighted by Gasteiger charge is 2.22. The van der Waals surface area contributed by atoms with Gasteiger partial charge in [-0.25, -0.2) is 4.99 Å². The fourth-order valence-corrected chi connectivity index (χ4v) is 3.93. The van der Waals surface area contributed by atoms with Crippen molar-refractivity contribution in [2.75, 3.05) is 5.75 Å². The van der Waals surface area contributed by atoms with E-state index in [9.17, 15) is 14.9 Å². The molecule has 0 amide bonds. The average Bonchev–Trinajstić information content (AvgIpc) is 3.20. The predicted molar refractivity (Wildman–Crippen MR) is 106 cm³/mol. The van der Waals surface area contributed by atoms with E-state index in [1.54, 1.807) is 37.3 Å². The third kappa shape index (κ3) is 3.97. The number of furan rings is 1. The highest BCUT2D eigenvalue weighted by molar-refractivity contribution is 8.45. The number of aliphatic imine (C=N–C) groups is 1. The third-order valence-electron chi connectivity index (χ3n) is 3.52. The Hall–Kier alpha value is -2.58. The Morgan fingerprint density at radius 3 is 2.88 bits per heavy atom. The summed E-state index contributed by atoms with van der Waals surface area (Å²) in [6.07, 6.45) is 3.35. The van der Waals surface area contributed by atoms with Crippen molar-refractivity contribution in [3.63, 3.8) is 0 Å². The number of thioether (sulfide) groups is 2. The summed E-state index contributed by atoms with van der Waals surface area (Å²) < 4.78 is 6.47. The molecular formula is C18H14N2O4S2. The normalized spacial score (nSPS) is 15.3. The van der Waals surface area contributed by atoms with Crippen molar-refractivity contribution in [1.29, 1.82) is 0 Å². The molecule has 8 heteroatoms. The number of carbonyl (C=O) groups is 1. The molecule has 0 N–H and O–H groups in total. The quantitative estimate of drug-likeness (QED) is 0.309. The number of carbonyl (C=O) groups excluding carboxylic acids is 1. The van der Waals surface area contributed by atoms with Crippen LogP contribution in [0.25, 0.3) is 17.4 Å². The number of benzene rings is 1. The minimum atomic E-state index is -0.432. The molecule has 3 rings (SSSR count). The van der Waals surface area contributed by atoms with E-state index in [-0.39, 0.29) is 10.8 Å². The standard InChI is InChI=1S/C18H14N2O4S2/c1-3-8-25-18-19-15(17(21)26-18)10-13-5-7-16(24-13)14-6-4-12(20(22)23)9-11(14)2/h3-7,9-10H,1,8H2,2H3. The van der Waals surface area contributed by atoms with E-state index in [0.29, 0.717) is 27.3 Å². The van der Waals surface area contributed by atoms with Gasteiger partial charge in [-0.1, -0.05) is 17.8 Å². The molecular weight excluding hydrogens is 372 g/mol. The van der Waals surface area contributed by atoms with Crippen molar-refractivity contribution in [1.82, 2.24) is 0 Å². The molecule has 132 valence electrons. The Morgan fingerprint density at radius 2 is 2.19 bits per heavy atom. The molecule has 0 aliphatic carbocycles. The maximum absolute atomic E-state index is 12.0. The van der Waals surface area contributed by atoms with Gasteiger partial charge in [0.1, 0.15) is 21.6 Å². The van der Waals surface area contributed by atoms with Crippen LogP contribution in [0.15, 0.2) is 58.1 Å². The van der Waals surface area contributed by atoms with Crippen LogP contribution in [0.2, 0.25) is 0 Å². The summed E-state index contributed by atoms with van der Waals surface area (Å²) >= 11 is 2.55. The SMILES string of the molecule is C=CCSC1=NC(=Cc2ccc(-c3ccc([N+](=O)[O-])cc3C)o2)C(=O)S1. The van der Waals surface area contributed by atoms with E-state index in [1.807, 2.05) is 0 Å². The first-order valence-electron chi connectivity index (χ1n) is 7.59. The molecule has 2 aromatic rings. The zero-order chi connectivity index (χ0) is 18.7. The number of nitro benzene ring substituents is 1. The summed E-state index contributed by atoms with van der Waals surface area (Å²) in [4.78, 5) is 26.7. The van der Waals surface area contributed by atoms with Crippen LogP contribution in [-0.2, 0) is 4.79 Å². The van der Waals surface area contributed by atoms with Crippen LogP contribution in [0.4, 0.5) is 5.69 Å². The Balaban J connectivity index is 1.84. The van der Waals surface area contributed by atoms with Crippen molar-refractivity contribution in [2.45, 2.75) is 6.92 Å². The first kappa shape index (κ1) is 18.2. The largest absolute Gasteiger partial charge is 0.457 e. The second-order valence-corrected chi connectivity index (χ2v) is 7.58. The minimum absolute atomic E-state index is 0.0348. The van der Waals surface area contributed by atoms with E-state index in [0.717, 1.165) is 22.9 Å². The number of aryl methyl sites for hydroxylation is 1. The lowest BCUT2D eigenvalue weighted by Gasteiger charge is -2.02. The smallest absolute Gasteiger partial charge is 0.269 e. The Morgan fingerprint density at radius 1 is 1.38 bits per heavy atom. The van der Waals surface area contributed by atoms with Crippen LogP contribution in [-0.4, -0.2) is 20.2 Å². The summed E-state index contributed by atoms with van der Waals surface area (Å²) in [5.74, 6) is 1.77. The fraction of sp³-hybridized carbons (Fsp3) is 0.111. The van der Waals surface area contributed by atoms with Gasteiger partial charge in [0.2, 0.25) is 5.12 Å². The van der Waals surface area contributed by atoms with Gasteiger partial charge in [0.15, 0.2) is 0 Å². The van der Waals surface area contributed by atoms with Gasteiger partial charge in [0.25, 0.3) is 5.69 Å². The maximum atomic E-state index is 12.0. The first-order chi connectivity index (χ1) is 12.5. The number of rotatable bonds is 5. The summed E-state index contributed by atoms with van der Waals surface area (Å²) in [6.45, 7) is 5.43. The second-order valence-electron chi connectivity index (χ2n) is 5.35. The first-order valence-corrected chi connectivity index (χ1v) is 9.39. The van der Waals surface area contributed by atoms with Gasteiger partial charge in [-0.15, -0.1) is 6.58 Å². The molecule has 1 aliphatic heterocycles. The van der Waals surface area contributed by atoms with Crippen molar-refractivity contribution < 1.29 is 14.1 Å². The molecule has 2 heterocycles. The van der Waals surface area contributed by atoms with E-state index in [2.05, 4.69) is 11.6 Å². The van der Waals surface area contributed by atoms with E-state index < -0.39 is 4.92 Å². The molecule has 0 atom stereocenters. The molecule has 1 aromatic carbocycles. The molecule has 6 nitrogen and oxygen atoms in total. The van der Waals surface area contributed by atoms with Gasteiger partial charge in [0.05, 0.1) is 4.92 Å². The monoisotopic (exact) mass is 386 g/mol. The summed E-state index contributed by atoms with van der Waals surface area (Å²) in [5.41, 5.74) is 1.87. The molecule has 1 aliphatic rings. The van der Waals surface area contributed by atoms with Gasteiger partial charge in [0, 0.05) is 29.5 Å². The van der Waals surface area contributed by atoms with Gasteiger partial charge in [-0.3, -0.25) is 14.9 Å². The fourth-order valence-electron chi connectivity index (χ4n) is 2.33. The lowest BCUT2D eigenvalue weighted by molar-refractivity contribution is -0.384. The maximum Gasteiger partial charge on any atom is 0.269 e. The number of nitro groups is 1. The van der Waals surface area contributed by atoms with Crippen molar-refractivity contribution in [2.24, 2.45) is 4.99 Å². The number of hydrogen-bond donors (Lipinski definition) is 0. The van der Waals surface area contributed by atoms with E-state index >= 15 is 0 Å². The number of non-ortho nitro benzene ring substituents is 1. The van der Waals surface area contributed by atoms with Crippen molar-refractivity contribution in [3.8, 4) is 11.3 Å². The lowest BCUT2D eigenvalue weighted by atomic mass is 10.1. The highest BCUT2D eigenvalue weighted by atomic mass is 32.2. The topological polar surface area (TPSA) is 85.7 Å². The van der Waals surface area contributed by atoms with Gasteiger partial charge < -0.3 is 4.42 Å². The van der Waals surface area contributed by atoms with E-state index in [1.165, 1.54) is 23.9 Å². The second kappa shape index (κ2) is 7.76. The highest BCUT2D eigenvalue weighted by Crippen LogP contribution is 2.33. The Labute approximate surface area is 158 Å². The van der Waals surface area contributed by atoms with Crippen molar-refractivity contribution >= 4 is 44.8 Å². The van der Waals surface area contributed by atoms with Crippen LogP contribution >= 0.6 is 23.5 Å². The summed E-state index contributed by atoms with van der Waals surface area (Å²) in [6, 6.07) is 8.10. The molecule has 0 fully saturated rings. The number of hydrogen-bond acceptors (Lipinski definition) is 7. The summed E-state index contributed by atoms with van der Waals surface area (Å²) in [7, 11) is 0. The van der Waals surface area contributed by atoms with Gasteiger partial charge >= 0.3 is 0 Å². The molecule has 1 aromatic heterocycles. The molecule has 0 unspecified atom stereocenters. The molecule has 0 saturated heterocycles. The predicted octanol–water partition coefficient (Wildman–Crippen LogP) is 5.05. The third-order valence-corrected chi connectivity index (χ3v) is 5.52. The molecule has 0 bridgehead atoms. The van der Waals surface area contributed by atoms with E-state index in [4.69, 9.17) is 4.42 Å². The Bertz CT molecular complexity index is 960. The van der Waals surface area contributed by atoms with Crippen LogP contribution in [0.5, 0.6) is 0 Å². The average molecular weight is 386 g/mol. The van der Waals surface area contributed by atoms with Crippen LogP contribution < -0.4 is 0 Å². The van der Waals surface area contributed by atoms with Crippen LogP contribution in [0, 0.1) is 17.0 Å². The summed E-state index contributed by atoms with van der Waals surface area (Å²) in [5, 5.41) is 10.7. The van der Waals surface area contributed by atoms with Crippen LogP contribution in [0.1, 0.15) is 11.3 Å². The molecule has 0 spiro atoms. The number of nitrogens with zero attached hydrogens (tertiary/aromatic N) is 2. The lowest BCUT2D eigenvalue weighted by Crippen LogP contribution is -1.89. The van der Waals surface area contributed by atoms with Gasteiger partial charge in [-0.05, 0) is 42.4 Å². The van der Waals surface area contributed by atoms with Crippen molar-refractivity contribution in [3.05, 3.63) is 70.1 Å². The Kier molecular flexibility index (Phi) is 5.43. The molecule has 0 radical (unpaired) electrons.